The van der Waals surface area contributed by atoms with Gasteiger partial charge in [0.25, 0.3) is 5.91 Å². The molecule has 5 heteroatoms. The van der Waals surface area contributed by atoms with Crippen LogP contribution in [0.25, 0.3) is 0 Å². The minimum Gasteiger partial charge on any atom is -0.369 e. The van der Waals surface area contributed by atoms with Gasteiger partial charge in [-0.25, -0.2) is 4.99 Å². The summed E-state index contributed by atoms with van der Waals surface area (Å²) < 4.78 is 0. The largest absolute Gasteiger partial charge is 0.369 e. The Labute approximate surface area is 171 Å². The molecular weight excluding hydrogens is 348 g/mol. The van der Waals surface area contributed by atoms with Crippen molar-refractivity contribution in [3.8, 4) is 0 Å². The first kappa shape index (κ1) is 20.2. The van der Waals surface area contributed by atoms with E-state index in [-0.39, 0.29) is 5.91 Å². The van der Waals surface area contributed by atoms with Gasteiger partial charge in [0.1, 0.15) is 5.54 Å². The fourth-order valence-electron chi connectivity index (χ4n) is 6.44. The Morgan fingerprint density at radius 2 is 1.71 bits per heavy atom. The second-order valence-corrected chi connectivity index (χ2v) is 10.0. The molecule has 0 bridgehead atoms. The maximum Gasteiger partial charge on any atom is 0.257 e. The lowest BCUT2D eigenvalue weighted by Gasteiger charge is -2.38. The van der Waals surface area contributed by atoms with Gasteiger partial charge in [-0.2, -0.15) is 0 Å². The van der Waals surface area contributed by atoms with Crippen LogP contribution in [0.15, 0.2) is 4.99 Å². The molecule has 0 radical (unpaired) electrons. The third-order valence-electron chi connectivity index (χ3n) is 8.10. The summed E-state index contributed by atoms with van der Waals surface area (Å²) in [6.07, 6.45) is 17.6. The van der Waals surface area contributed by atoms with Crippen LogP contribution < -0.4 is 5.73 Å². The number of carbonyl (C=O) groups is 1. The molecule has 2 saturated carbocycles. The zero-order valence-electron chi connectivity index (χ0n) is 17.9. The van der Waals surface area contributed by atoms with E-state index >= 15 is 0 Å². The van der Waals surface area contributed by atoms with Gasteiger partial charge in [-0.05, 0) is 69.9 Å². The lowest BCUT2D eigenvalue weighted by atomic mass is 9.74. The van der Waals surface area contributed by atoms with Crippen LogP contribution in [-0.2, 0) is 4.79 Å². The summed E-state index contributed by atoms with van der Waals surface area (Å²) in [5.41, 5.74) is 5.56. The maximum atomic E-state index is 13.2. The highest BCUT2D eigenvalue weighted by atomic mass is 16.2. The van der Waals surface area contributed by atoms with Gasteiger partial charge in [0, 0.05) is 13.1 Å². The van der Waals surface area contributed by atoms with Gasteiger partial charge in [0.15, 0.2) is 5.96 Å². The van der Waals surface area contributed by atoms with Crippen LogP contribution in [0.2, 0.25) is 0 Å². The van der Waals surface area contributed by atoms with E-state index < -0.39 is 5.54 Å². The summed E-state index contributed by atoms with van der Waals surface area (Å²) in [7, 11) is 1.80. The van der Waals surface area contributed by atoms with Gasteiger partial charge in [0.2, 0.25) is 0 Å². The first-order valence-corrected chi connectivity index (χ1v) is 11.9. The predicted molar refractivity (Wildman–Crippen MR) is 114 cm³/mol. The zero-order chi connectivity index (χ0) is 19.6. The smallest absolute Gasteiger partial charge is 0.257 e. The van der Waals surface area contributed by atoms with Crippen molar-refractivity contribution in [2.24, 2.45) is 22.6 Å². The highest BCUT2D eigenvalue weighted by Gasteiger charge is 2.48. The van der Waals surface area contributed by atoms with E-state index in [0.717, 1.165) is 31.2 Å². The minimum absolute atomic E-state index is 0.157. The Hall–Kier alpha value is -1.10. The van der Waals surface area contributed by atoms with Gasteiger partial charge in [-0.3, -0.25) is 9.69 Å². The normalized spacial score (nSPS) is 35.5. The van der Waals surface area contributed by atoms with Gasteiger partial charge in [0.05, 0.1) is 0 Å². The van der Waals surface area contributed by atoms with Crippen molar-refractivity contribution in [3.63, 3.8) is 0 Å². The molecule has 4 aliphatic rings. The van der Waals surface area contributed by atoms with Gasteiger partial charge in [-0.15, -0.1) is 0 Å². The van der Waals surface area contributed by atoms with Crippen LogP contribution in [0.4, 0.5) is 0 Å². The first-order valence-electron chi connectivity index (χ1n) is 11.9. The number of likely N-dealkylation sites (N-methyl/N-ethyl adjacent to an activating group) is 1. The molecule has 2 aliphatic carbocycles. The Morgan fingerprint density at radius 3 is 2.39 bits per heavy atom. The number of nitrogens with two attached hydrogens (primary N) is 1. The number of hydrogen-bond donors (Lipinski definition) is 1. The molecule has 28 heavy (non-hydrogen) atoms. The van der Waals surface area contributed by atoms with Gasteiger partial charge in [-0.1, -0.05) is 44.9 Å². The van der Waals surface area contributed by atoms with E-state index in [9.17, 15) is 4.79 Å². The molecule has 3 fully saturated rings. The third kappa shape index (κ3) is 4.24. The second kappa shape index (κ2) is 8.73. The Morgan fingerprint density at radius 1 is 1.00 bits per heavy atom. The SMILES string of the molecule is CN1C(=O)[C@@](CCC2CCCCC2)(CC2CCC[C@@H](N3CCCC3)C2)N=C1N. The van der Waals surface area contributed by atoms with E-state index in [1.165, 1.54) is 83.7 Å². The third-order valence-corrected chi connectivity index (χ3v) is 8.10. The Balaban J connectivity index is 1.43. The van der Waals surface area contributed by atoms with Crippen molar-refractivity contribution in [1.82, 2.24) is 9.80 Å². The number of nitrogens with zero attached hydrogens (tertiary/aromatic N) is 3. The molecule has 0 aromatic rings. The number of aliphatic imine (C=N–C) groups is 1. The fraction of sp³-hybridized carbons (Fsp3) is 0.913. The molecule has 0 aromatic carbocycles. The summed E-state index contributed by atoms with van der Waals surface area (Å²) in [6, 6.07) is 0.729. The maximum absolute atomic E-state index is 13.2. The standard InChI is InChI=1S/C23H40N4O/c1-26-21(28)23(25-22(26)24,13-12-18-8-3-2-4-9-18)17-19-10-7-11-20(16-19)27-14-5-6-15-27/h18-20H,2-17H2,1H3,(H2,24,25)/t19?,20-,23-/m1/s1. The lowest BCUT2D eigenvalue weighted by molar-refractivity contribution is -0.131. The molecule has 1 unspecified atom stereocenters. The highest BCUT2D eigenvalue weighted by molar-refractivity contribution is 6.06. The second-order valence-electron chi connectivity index (χ2n) is 10.0. The summed E-state index contributed by atoms with van der Waals surface area (Å²) in [4.78, 5) is 22.4. The molecule has 1 amide bonds. The number of guanidine groups is 1. The molecular formula is C23H40N4O. The van der Waals surface area contributed by atoms with E-state index in [2.05, 4.69) is 4.90 Å². The van der Waals surface area contributed by atoms with Crippen molar-refractivity contribution in [2.45, 2.75) is 101 Å². The fourth-order valence-corrected chi connectivity index (χ4v) is 6.44. The van der Waals surface area contributed by atoms with Crippen molar-refractivity contribution in [1.29, 1.82) is 0 Å². The molecule has 2 aliphatic heterocycles. The van der Waals surface area contributed by atoms with Gasteiger partial charge < -0.3 is 10.6 Å². The van der Waals surface area contributed by atoms with Crippen molar-refractivity contribution in [3.05, 3.63) is 0 Å². The highest BCUT2D eigenvalue weighted by Crippen LogP contribution is 2.41. The topological polar surface area (TPSA) is 61.9 Å². The molecule has 0 spiro atoms. The van der Waals surface area contributed by atoms with Crippen molar-refractivity contribution < 1.29 is 4.79 Å². The number of hydrogen-bond acceptors (Lipinski definition) is 4. The monoisotopic (exact) mass is 388 g/mol. The number of rotatable bonds is 6. The Kier molecular flexibility index (Phi) is 6.29. The molecule has 1 saturated heterocycles. The summed E-state index contributed by atoms with van der Waals surface area (Å²) in [5, 5.41) is 0. The molecule has 5 nitrogen and oxygen atoms in total. The van der Waals surface area contributed by atoms with E-state index in [4.69, 9.17) is 10.7 Å². The van der Waals surface area contributed by atoms with Crippen LogP contribution in [0.3, 0.4) is 0 Å². The van der Waals surface area contributed by atoms with E-state index in [1.807, 2.05) is 0 Å². The van der Waals surface area contributed by atoms with Crippen LogP contribution in [0, 0.1) is 11.8 Å². The summed E-state index contributed by atoms with van der Waals surface area (Å²) in [5.74, 6) is 1.98. The lowest BCUT2D eigenvalue weighted by Crippen LogP contribution is -2.45. The molecule has 2 heterocycles. The van der Waals surface area contributed by atoms with Crippen LogP contribution in [0.1, 0.15) is 89.9 Å². The average Bonchev–Trinajstić information content (AvgIpc) is 3.32. The number of carbonyl (C=O) groups excluding carboxylic acids is 1. The first-order chi connectivity index (χ1) is 13.6. The van der Waals surface area contributed by atoms with Crippen LogP contribution >= 0.6 is 0 Å². The summed E-state index contributed by atoms with van der Waals surface area (Å²) in [6.45, 7) is 2.55. The quantitative estimate of drug-likeness (QED) is 0.750. The number of amides is 1. The van der Waals surface area contributed by atoms with E-state index in [0.29, 0.717) is 11.9 Å². The Bertz CT molecular complexity index is 579. The molecule has 158 valence electrons. The zero-order valence-corrected chi connectivity index (χ0v) is 17.9. The number of likely N-dealkylation sites (tertiary alicyclic amines) is 1. The van der Waals surface area contributed by atoms with Crippen molar-refractivity contribution >= 4 is 11.9 Å². The molecule has 0 aromatic heterocycles. The van der Waals surface area contributed by atoms with Crippen molar-refractivity contribution in [2.75, 3.05) is 20.1 Å². The van der Waals surface area contributed by atoms with Gasteiger partial charge >= 0.3 is 0 Å². The molecule has 2 N–H and O–H groups in total. The predicted octanol–water partition coefficient (Wildman–Crippen LogP) is 3.92. The van der Waals surface area contributed by atoms with Crippen LogP contribution in [0.5, 0.6) is 0 Å². The van der Waals surface area contributed by atoms with Crippen LogP contribution in [-0.4, -0.2) is 53.4 Å². The summed E-state index contributed by atoms with van der Waals surface area (Å²) >= 11 is 0. The minimum atomic E-state index is -0.576. The average molecular weight is 389 g/mol. The molecule has 4 rings (SSSR count). The molecule has 3 atom stereocenters. The van der Waals surface area contributed by atoms with E-state index in [1.54, 1.807) is 11.9 Å².